The number of carboxylic acid groups (broad SMARTS) is 1. The lowest BCUT2D eigenvalue weighted by Crippen LogP contribution is -2.53. The van der Waals surface area contributed by atoms with Gasteiger partial charge in [0.1, 0.15) is 11.4 Å². The van der Waals surface area contributed by atoms with E-state index >= 15 is 0 Å². The predicted octanol–water partition coefficient (Wildman–Crippen LogP) is 4.88. The van der Waals surface area contributed by atoms with Crippen LogP contribution in [0.3, 0.4) is 0 Å². The van der Waals surface area contributed by atoms with Crippen LogP contribution in [0.1, 0.15) is 69.4 Å². The number of fused-ring (bicyclic) bond motifs is 5. The van der Waals surface area contributed by atoms with Crippen molar-refractivity contribution in [3.63, 3.8) is 0 Å². The molecule has 3 aliphatic carbocycles. The number of aryl methyl sites for hydroxylation is 1. The highest BCUT2D eigenvalue weighted by atomic mass is 16.6. The highest BCUT2D eigenvalue weighted by molar-refractivity contribution is 6.28. The molecular formula is C25H32O5. The monoisotopic (exact) mass is 412 g/mol. The molecule has 162 valence electrons. The second kappa shape index (κ2) is 7.44. The SMILES string of the molecule is C=C(C)CC1(OC(=O)C(=O)O)CC[C@H]2[C@@H]3CCc4cc(OC)ccc4[C@H]3CC[C@@]21C. The number of hydrogen-bond acceptors (Lipinski definition) is 4. The molecule has 0 saturated heterocycles. The molecule has 0 aromatic heterocycles. The van der Waals surface area contributed by atoms with E-state index in [0.29, 0.717) is 30.6 Å². The van der Waals surface area contributed by atoms with Crippen molar-refractivity contribution in [2.24, 2.45) is 17.3 Å². The van der Waals surface area contributed by atoms with Gasteiger partial charge in [-0.2, -0.15) is 0 Å². The van der Waals surface area contributed by atoms with Crippen LogP contribution in [0.2, 0.25) is 0 Å². The molecule has 5 heteroatoms. The van der Waals surface area contributed by atoms with Crippen LogP contribution in [-0.4, -0.2) is 29.8 Å². The summed E-state index contributed by atoms with van der Waals surface area (Å²) in [7, 11) is 1.71. The van der Waals surface area contributed by atoms with Gasteiger partial charge in [0.15, 0.2) is 0 Å². The normalized spacial score (nSPS) is 34.3. The molecule has 0 amide bonds. The fourth-order valence-electron chi connectivity index (χ4n) is 6.98. The number of rotatable bonds is 4. The van der Waals surface area contributed by atoms with Gasteiger partial charge in [0, 0.05) is 11.8 Å². The van der Waals surface area contributed by atoms with Crippen LogP contribution in [-0.2, 0) is 20.7 Å². The number of aliphatic carboxylic acids is 1. The Bertz CT molecular complexity index is 890. The van der Waals surface area contributed by atoms with Crippen LogP contribution in [0.25, 0.3) is 0 Å². The summed E-state index contributed by atoms with van der Waals surface area (Å²) in [6, 6.07) is 6.46. The third-order valence-corrected chi connectivity index (χ3v) is 8.27. The fraction of sp³-hybridized carbons (Fsp3) is 0.600. The average Bonchev–Trinajstić information content (AvgIpc) is 2.98. The molecule has 0 radical (unpaired) electrons. The summed E-state index contributed by atoms with van der Waals surface area (Å²) in [5.41, 5.74) is 2.75. The van der Waals surface area contributed by atoms with Crippen molar-refractivity contribution >= 4 is 11.9 Å². The first-order valence-corrected chi connectivity index (χ1v) is 11.0. The quantitative estimate of drug-likeness (QED) is 0.433. The third-order valence-electron chi connectivity index (χ3n) is 8.27. The van der Waals surface area contributed by atoms with Crippen LogP contribution >= 0.6 is 0 Å². The Kier molecular flexibility index (Phi) is 5.19. The van der Waals surface area contributed by atoms with Crippen LogP contribution in [0.5, 0.6) is 5.75 Å². The van der Waals surface area contributed by atoms with E-state index < -0.39 is 17.5 Å². The fourth-order valence-corrected chi connectivity index (χ4v) is 6.98. The second-order valence-electron chi connectivity index (χ2n) is 9.80. The van der Waals surface area contributed by atoms with Crippen molar-refractivity contribution < 1.29 is 24.2 Å². The zero-order valence-electron chi connectivity index (χ0n) is 18.2. The maximum atomic E-state index is 12.1. The molecule has 5 nitrogen and oxygen atoms in total. The van der Waals surface area contributed by atoms with Crippen molar-refractivity contribution in [3.8, 4) is 5.75 Å². The molecule has 1 unspecified atom stereocenters. The van der Waals surface area contributed by atoms with Gasteiger partial charge in [-0.3, -0.25) is 0 Å². The summed E-state index contributed by atoms with van der Waals surface area (Å²) in [4.78, 5) is 23.4. The zero-order valence-corrected chi connectivity index (χ0v) is 18.2. The lowest BCUT2D eigenvalue weighted by atomic mass is 9.52. The molecule has 1 aromatic carbocycles. The summed E-state index contributed by atoms with van der Waals surface area (Å²) in [6.45, 7) is 8.22. The van der Waals surface area contributed by atoms with Gasteiger partial charge >= 0.3 is 11.9 Å². The number of esters is 1. The molecule has 0 bridgehead atoms. The number of hydrogen-bond donors (Lipinski definition) is 1. The number of carboxylic acids is 1. The first kappa shape index (κ1) is 21.0. The molecule has 1 N–H and O–H groups in total. The van der Waals surface area contributed by atoms with Gasteiger partial charge in [0.2, 0.25) is 0 Å². The van der Waals surface area contributed by atoms with Crippen LogP contribution in [0.15, 0.2) is 30.4 Å². The summed E-state index contributed by atoms with van der Waals surface area (Å²) in [5.74, 6) is -0.297. The van der Waals surface area contributed by atoms with Gasteiger partial charge in [-0.1, -0.05) is 25.1 Å². The molecular weight excluding hydrogens is 380 g/mol. The van der Waals surface area contributed by atoms with Crippen LogP contribution in [0, 0.1) is 17.3 Å². The zero-order chi connectivity index (χ0) is 21.7. The maximum Gasteiger partial charge on any atom is 0.417 e. The largest absolute Gasteiger partial charge is 0.497 e. The Balaban J connectivity index is 1.67. The Hall–Kier alpha value is -2.30. The number of ether oxygens (including phenoxy) is 2. The molecule has 0 heterocycles. The molecule has 2 saturated carbocycles. The molecule has 1 aromatic rings. The molecule has 0 spiro atoms. The Labute approximate surface area is 178 Å². The van der Waals surface area contributed by atoms with Gasteiger partial charge < -0.3 is 14.6 Å². The van der Waals surface area contributed by atoms with E-state index in [0.717, 1.165) is 43.4 Å². The van der Waals surface area contributed by atoms with E-state index in [1.165, 1.54) is 11.1 Å². The molecule has 30 heavy (non-hydrogen) atoms. The molecule has 4 rings (SSSR count). The van der Waals surface area contributed by atoms with Gasteiger partial charge in [0.25, 0.3) is 0 Å². The van der Waals surface area contributed by atoms with E-state index in [1.807, 2.05) is 6.92 Å². The summed E-state index contributed by atoms with van der Waals surface area (Å²) < 4.78 is 11.2. The van der Waals surface area contributed by atoms with Crippen molar-refractivity contribution in [1.29, 1.82) is 0 Å². The van der Waals surface area contributed by atoms with Gasteiger partial charge in [-0.15, -0.1) is 0 Å². The second-order valence-corrected chi connectivity index (χ2v) is 9.80. The van der Waals surface area contributed by atoms with Crippen molar-refractivity contribution in [1.82, 2.24) is 0 Å². The summed E-state index contributed by atoms with van der Waals surface area (Å²) >= 11 is 0. The van der Waals surface area contributed by atoms with E-state index in [4.69, 9.17) is 9.47 Å². The van der Waals surface area contributed by atoms with Gasteiger partial charge in [-0.05, 0) is 86.5 Å². The smallest absolute Gasteiger partial charge is 0.417 e. The van der Waals surface area contributed by atoms with E-state index in [2.05, 4.69) is 31.7 Å². The molecule has 0 aliphatic heterocycles. The highest BCUT2D eigenvalue weighted by Gasteiger charge is 2.64. The molecule has 3 aliphatic rings. The number of carbonyl (C=O) groups excluding carboxylic acids is 1. The minimum absolute atomic E-state index is 0.234. The van der Waals surface area contributed by atoms with Gasteiger partial charge in [-0.25, -0.2) is 9.59 Å². The molecule has 5 atom stereocenters. The highest BCUT2D eigenvalue weighted by Crippen LogP contribution is 2.66. The minimum Gasteiger partial charge on any atom is -0.497 e. The topological polar surface area (TPSA) is 72.8 Å². The van der Waals surface area contributed by atoms with Crippen molar-refractivity contribution in [2.75, 3.05) is 7.11 Å². The average molecular weight is 413 g/mol. The van der Waals surface area contributed by atoms with E-state index in [-0.39, 0.29) is 5.41 Å². The Morgan fingerprint density at radius 2 is 2.00 bits per heavy atom. The van der Waals surface area contributed by atoms with Crippen LogP contribution < -0.4 is 4.74 Å². The maximum absolute atomic E-state index is 12.1. The summed E-state index contributed by atoms with van der Waals surface area (Å²) in [5, 5.41) is 9.20. The summed E-state index contributed by atoms with van der Waals surface area (Å²) in [6.07, 6.45) is 6.29. The van der Waals surface area contributed by atoms with E-state index in [1.54, 1.807) is 7.11 Å². The number of methoxy groups -OCH3 is 1. The Morgan fingerprint density at radius 3 is 2.67 bits per heavy atom. The van der Waals surface area contributed by atoms with Crippen LogP contribution in [0.4, 0.5) is 0 Å². The van der Waals surface area contributed by atoms with Crippen molar-refractivity contribution in [3.05, 3.63) is 41.5 Å². The first-order valence-electron chi connectivity index (χ1n) is 11.0. The van der Waals surface area contributed by atoms with E-state index in [9.17, 15) is 14.7 Å². The van der Waals surface area contributed by atoms with Crippen molar-refractivity contribution in [2.45, 2.75) is 70.3 Å². The Morgan fingerprint density at radius 1 is 1.23 bits per heavy atom. The molecule has 2 fully saturated rings. The lowest BCUT2D eigenvalue weighted by molar-refractivity contribution is -0.189. The standard InChI is InChI=1S/C25H32O5/c1-15(2)14-25(30-23(28)22(26)27)12-10-21-20-7-5-16-13-17(29-4)6-8-18(16)19(20)9-11-24(21,25)3/h6,8,13,19-21H,1,5,7,9-12,14H2,2-4H3,(H,26,27)/t19-,20-,21+,24+,25?/m1/s1. The minimum atomic E-state index is -1.52. The third kappa shape index (κ3) is 3.14. The number of carbonyl (C=O) groups is 2. The predicted molar refractivity (Wildman–Crippen MR) is 114 cm³/mol. The van der Waals surface area contributed by atoms with Gasteiger partial charge in [0.05, 0.1) is 7.11 Å². The lowest BCUT2D eigenvalue weighted by Gasteiger charge is -2.54. The number of benzene rings is 1. The first-order chi connectivity index (χ1) is 14.2.